The lowest BCUT2D eigenvalue weighted by atomic mass is 10.1. The van der Waals surface area contributed by atoms with Crippen LogP contribution in [-0.2, 0) is 9.47 Å². The molecule has 1 heterocycles. The van der Waals surface area contributed by atoms with E-state index in [1.165, 1.54) is 0 Å². The number of hydrogen-bond donors (Lipinski definition) is 1. The second-order valence-electron chi connectivity index (χ2n) is 4.59. The molecule has 2 rings (SSSR count). The standard InChI is InChI=1S/C14H20N2O3/c1-3-19-14(17)12-8-10(15)4-5-13(12)16-7-6-11(9-16)18-2/h4-5,8,11H,3,6-7,9,15H2,1-2H3. The molecule has 0 saturated carbocycles. The first-order chi connectivity index (χ1) is 9.15. The number of carbonyl (C=O) groups is 1. The van der Waals surface area contributed by atoms with Gasteiger partial charge in [0.25, 0.3) is 0 Å². The summed E-state index contributed by atoms with van der Waals surface area (Å²) >= 11 is 0. The minimum absolute atomic E-state index is 0.215. The summed E-state index contributed by atoms with van der Waals surface area (Å²) in [6, 6.07) is 5.35. The molecule has 1 aromatic rings. The second kappa shape index (κ2) is 5.93. The van der Waals surface area contributed by atoms with Crippen LogP contribution in [0.3, 0.4) is 0 Å². The van der Waals surface area contributed by atoms with Gasteiger partial charge in [0.15, 0.2) is 0 Å². The van der Waals surface area contributed by atoms with E-state index in [0.29, 0.717) is 17.9 Å². The predicted molar refractivity (Wildman–Crippen MR) is 74.4 cm³/mol. The van der Waals surface area contributed by atoms with Gasteiger partial charge in [0.1, 0.15) is 0 Å². The van der Waals surface area contributed by atoms with Gasteiger partial charge in [0, 0.05) is 25.9 Å². The maximum atomic E-state index is 12.0. The third kappa shape index (κ3) is 2.98. The van der Waals surface area contributed by atoms with Crippen LogP contribution in [-0.4, -0.2) is 38.9 Å². The van der Waals surface area contributed by atoms with Crippen molar-refractivity contribution in [2.75, 3.05) is 37.4 Å². The van der Waals surface area contributed by atoms with Crippen molar-refractivity contribution in [1.29, 1.82) is 0 Å². The van der Waals surface area contributed by atoms with Gasteiger partial charge < -0.3 is 20.1 Å². The molecule has 0 bridgehead atoms. The molecule has 19 heavy (non-hydrogen) atoms. The Morgan fingerprint density at radius 3 is 2.95 bits per heavy atom. The Morgan fingerprint density at radius 1 is 1.53 bits per heavy atom. The molecule has 0 aromatic heterocycles. The third-order valence-corrected chi connectivity index (χ3v) is 3.33. The van der Waals surface area contributed by atoms with Crippen LogP contribution in [0.1, 0.15) is 23.7 Å². The maximum Gasteiger partial charge on any atom is 0.340 e. The van der Waals surface area contributed by atoms with Gasteiger partial charge in [0.05, 0.1) is 24.0 Å². The molecule has 0 aliphatic carbocycles. The number of anilines is 2. The normalized spacial score (nSPS) is 18.6. The summed E-state index contributed by atoms with van der Waals surface area (Å²) in [5.74, 6) is -0.328. The topological polar surface area (TPSA) is 64.8 Å². The SMILES string of the molecule is CCOC(=O)c1cc(N)ccc1N1CCC(OC)C1. The molecule has 1 aliphatic rings. The number of nitrogen functional groups attached to an aromatic ring is 1. The van der Waals surface area contributed by atoms with E-state index in [1.54, 1.807) is 26.2 Å². The maximum absolute atomic E-state index is 12.0. The summed E-state index contributed by atoms with van der Waals surface area (Å²) in [6.45, 7) is 3.80. The largest absolute Gasteiger partial charge is 0.462 e. The number of methoxy groups -OCH3 is 1. The number of rotatable bonds is 4. The molecule has 1 saturated heterocycles. The zero-order valence-electron chi connectivity index (χ0n) is 11.4. The highest BCUT2D eigenvalue weighted by Gasteiger charge is 2.26. The van der Waals surface area contributed by atoms with Crippen LogP contribution in [0.15, 0.2) is 18.2 Å². The Bertz CT molecular complexity index is 462. The van der Waals surface area contributed by atoms with Gasteiger partial charge >= 0.3 is 5.97 Å². The fourth-order valence-electron chi connectivity index (χ4n) is 2.34. The van der Waals surface area contributed by atoms with Crippen molar-refractivity contribution in [3.05, 3.63) is 23.8 Å². The highest BCUT2D eigenvalue weighted by Crippen LogP contribution is 2.28. The van der Waals surface area contributed by atoms with Gasteiger partial charge in [-0.2, -0.15) is 0 Å². The summed E-state index contributed by atoms with van der Waals surface area (Å²) in [5.41, 5.74) is 7.72. The third-order valence-electron chi connectivity index (χ3n) is 3.33. The van der Waals surface area contributed by atoms with Crippen molar-refractivity contribution in [1.82, 2.24) is 0 Å². The van der Waals surface area contributed by atoms with E-state index < -0.39 is 0 Å². The molecular weight excluding hydrogens is 244 g/mol. The predicted octanol–water partition coefficient (Wildman–Crippen LogP) is 1.67. The highest BCUT2D eigenvalue weighted by molar-refractivity contribution is 5.97. The van der Waals surface area contributed by atoms with Crippen molar-refractivity contribution in [3.63, 3.8) is 0 Å². The Balaban J connectivity index is 2.27. The van der Waals surface area contributed by atoms with E-state index in [-0.39, 0.29) is 12.1 Å². The molecule has 5 heteroatoms. The summed E-state index contributed by atoms with van der Waals surface area (Å²) < 4.78 is 10.4. The van der Waals surface area contributed by atoms with Crippen molar-refractivity contribution in [2.24, 2.45) is 0 Å². The average molecular weight is 264 g/mol. The fraction of sp³-hybridized carbons (Fsp3) is 0.500. The Morgan fingerprint density at radius 2 is 2.32 bits per heavy atom. The van der Waals surface area contributed by atoms with Gasteiger partial charge in [-0.25, -0.2) is 4.79 Å². The van der Waals surface area contributed by atoms with Crippen LogP contribution in [0.5, 0.6) is 0 Å². The van der Waals surface area contributed by atoms with Gasteiger partial charge in [0.2, 0.25) is 0 Å². The van der Waals surface area contributed by atoms with E-state index in [0.717, 1.165) is 25.2 Å². The fourth-order valence-corrected chi connectivity index (χ4v) is 2.34. The summed E-state index contributed by atoms with van der Waals surface area (Å²) in [5, 5.41) is 0. The molecular formula is C14H20N2O3. The van der Waals surface area contributed by atoms with E-state index in [4.69, 9.17) is 15.2 Å². The van der Waals surface area contributed by atoms with E-state index >= 15 is 0 Å². The molecule has 1 fully saturated rings. The number of nitrogens with zero attached hydrogens (tertiary/aromatic N) is 1. The summed E-state index contributed by atoms with van der Waals surface area (Å²) in [7, 11) is 1.71. The lowest BCUT2D eigenvalue weighted by molar-refractivity contribution is 0.0527. The van der Waals surface area contributed by atoms with Crippen molar-refractivity contribution < 1.29 is 14.3 Å². The van der Waals surface area contributed by atoms with Crippen LogP contribution in [0.2, 0.25) is 0 Å². The molecule has 1 aliphatic heterocycles. The smallest absolute Gasteiger partial charge is 0.340 e. The first kappa shape index (κ1) is 13.7. The number of nitrogens with two attached hydrogens (primary N) is 1. The monoisotopic (exact) mass is 264 g/mol. The lowest BCUT2D eigenvalue weighted by Gasteiger charge is -2.21. The quantitative estimate of drug-likeness (QED) is 0.662. The van der Waals surface area contributed by atoms with Crippen molar-refractivity contribution in [3.8, 4) is 0 Å². The molecule has 1 aromatic carbocycles. The number of benzene rings is 1. The molecule has 0 amide bonds. The van der Waals surface area contributed by atoms with Gasteiger partial charge in [-0.15, -0.1) is 0 Å². The molecule has 1 unspecified atom stereocenters. The van der Waals surface area contributed by atoms with Gasteiger partial charge in [-0.05, 0) is 31.5 Å². The van der Waals surface area contributed by atoms with Crippen LogP contribution in [0.25, 0.3) is 0 Å². The van der Waals surface area contributed by atoms with Crippen LogP contribution in [0.4, 0.5) is 11.4 Å². The van der Waals surface area contributed by atoms with E-state index in [9.17, 15) is 4.79 Å². The number of esters is 1. The highest BCUT2D eigenvalue weighted by atomic mass is 16.5. The van der Waals surface area contributed by atoms with Gasteiger partial charge in [-0.1, -0.05) is 0 Å². The zero-order valence-corrected chi connectivity index (χ0v) is 11.4. The molecule has 0 radical (unpaired) electrons. The first-order valence-electron chi connectivity index (χ1n) is 6.50. The molecule has 1 atom stereocenters. The molecule has 104 valence electrons. The van der Waals surface area contributed by atoms with Crippen LogP contribution in [0, 0.1) is 0 Å². The first-order valence-corrected chi connectivity index (χ1v) is 6.50. The minimum Gasteiger partial charge on any atom is -0.462 e. The molecule has 0 spiro atoms. The van der Waals surface area contributed by atoms with E-state index in [2.05, 4.69) is 4.90 Å². The molecule has 5 nitrogen and oxygen atoms in total. The van der Waals surface area contributed by atoms with E-state index in [1.807, 2.05) is 6.07 Å². The zero-order chi connectivity index (χ0) is 13.8. The summed E-state index contributed by atoms with van der Waals surface area (Å²) in [4.78, 5) is 14.1. The molecule has 2 N–H and O–H groups in total. The summed E-state index contributed by atoms with van der Waals surface area (Å²) in [6.07, 6.45) is 1.18. The lowest BCUT2D eigenvalue weighted by Crippen LogP contribution is -2.24. The van der Waals surface area contributed by atoms with Crippen molar-refractivity contribution in [2.45, 2.75) is 19.4 Å². The van der Waals surface area contributed by atoms with Gasteiger partial charge in [-0.3, -0.25) is 0 Å². The Kier molecular flexibility index (Phi) is 4.27. The van der Waals surface area contributed by atoms with Crippen LogP contribution < -0.4 is 10.6 Å². The average Bonchev–Trinajstić information content (AvgIpc) is 2.87. The number of carbonyl (C=O) groups excluding carboxylic acids is 1. The Hall–Kier alpha value is -1.75. The number of ether oxygens (including phenoxy) is 2. The number of hydrogen-bond acceptors (Lipinski definition) is 5. The second-order valence-corrected chi connectivity index (χ2v) is 4.59. The van der Waals surface area contributed by atoms with Crippen LogP contribution >= 0.6 is 0 Å². The van der Waals surface area contributed by atoms with Crippen molar-refractivity contribution >= 4 is 17.3 Å². The minimum atomic E-state index is -0.328. The Labute approximate surface area is 113 Å².